The zero-order chi connectivity index (χ0) is 19.7. The molecule has 1 amide bonds. The zero-order valence-corrected chi connectivity index (χ0v) is 14.4. The van der Waals surface area contributed by atoms with Gasteiger partial charge in [-0.05, 0) is 12.1 Å². The molecule has 0 saturated heterocycles. The summed E-state index contributed by atoms with van der Waals surface area (Å²) in [5.74, 6) is 0.134. The molecule has 2 aromatic heterocycles. The van der Waals surface area contributed by atoms with Crippen LogP contribution in [0.1, 0.15) is 33.1 Å². The van der Waals surface area contributed by atoms with E-state index in [1.807, 2.05) is 0 Å². The van der Waals surface area contributed by atoms with Crippen LogP contribution in [0, 0.1) is 0 Å². The Balaban J connectivity index is 1.49. The molecule has 0 fully saturated rings. The first kappa shape index (κ1) is 18.2. The molecule has 1 aliphatic heterocycles. The number of hydrogen-bond acceptors (Lipinski definition) is 6. The summed E-state index contributed by atoms with van der Waals surface area (Å²) in [6, 6.07) is 4.91. The minimum atomic E-state index is -4.56. The number of fused-ring (bicyclic) bond motifs is 1. The lowest BCUT2D eigenvalue weighted by Gasteiger charge is -2.11. The van der Waals surface area contributed by atoms with E-state index in [1.54, 1.807) is 0 Å². The molecule has 1 aromatic carbocycles. The zero-order valence-electron chi connectivity index (χ0n) is 14.4. The first-order chi connectivity index (χ1) is 13.4. The molecule has 3 heterocycles. The second-order valence-electron chi connectivity index (χ2n) is 6.08. The van der Waals surface area contributed by atoms with Crippen LogP contribution in [0.15, 0.2) is 35.0 Å². The van der Waals surface area contributed by atoms with Gasteiger partial charge < -0.3 is 14.6 Å². The van der Waals surface area contributed by atoms with Gasteiger partial charge in [0.15, 0.2) is 5.69 Å². The van der Waals surface area contributed by atoms with Gasteiger partial charge in [0.2, 0.25) is 0 Å². The van der Waals surface area contributed by atoms with Gasteiger partial charge in [0, 0.05) is 12.0 Å². The van der Waals surface area contributed by atoms with E-state index < -0.39 is 17.6 Å². The summed E-state index contributed by atoms with van der Waals surface area (Å²) in [6.45, 7) is 0.984. The van der Waals surface area contributed by atoms with E-state index in [0.29, 0.717) is 25.3 Å². The van der Waals surface area contributed by atoms with Crippen molar-refractivity contribution in [3.63, 3.8) is 0 Å². The van der Waals surface area contributed by atoms with Gasteiger partial charge in [-0.2, -0.15) is 13.2 Å². The van der Waals surface area contributed by atoms with Gasteiger partial charge in [-0.1, -0.05) is 22.5 Å². The van der Waals surface area contributed by atoms with Crippen molar-refractivity contribution in [3.8, 4) is 5.69 Å². The quantitative estimate of drug-likeness (QED) is 0.731. The number of rotatable bonds is 4. The largest absolute Gasteiger partial charge is 0.418 e. The molecule has 1 N–H and O–H groups in total. The molecule has 0 spiro atoms. The number of hydrogen-bond donors (Lipinski definition) is 1. The molecular weight excluding hydrogens is 379 g/mol. The Morgan fingerprint density at radius 1 is 1.29 bits per heavy atom. The lowest BCUT2D eigenvalue weighted by molar-refractivity contribution is -0.137. The van der Waals surface area contributed by atoms with Crippen LogP contribution in [0.25, 0.3) is 5.69 Å². The highest BCUT2D eigenvalue weighted by Gasteiger charge is 2.34. The standard InChI is InChI=1S/C17H14F3N5O3/c18-17(19,20)11-3-1-2-4-14(11)25-8-13(22-24-25)16(26)21-7-12-10-9-27-6-5-15(10)28-23-12/h1-4,8H,5-7,9H2,(H,21,26). The maximum absolute atomic E-state index is 13.1. The molecule has 1 aliphatic rings. The Kier molecular flexibility index (Phi) is 4.59. The summed E-state index contributed by atoms with van der Waals surface area (Å²) in [6.07, 6.45) is -2.80. The minimum Gasteiger partial charge on any atom is -0.376 e. The van der Waals surface area contributed by atoms with Gasteiger partial charge in [-0.3, -0.25) is 4.79 Å². The molecule has 4 rings (SSSR count). The monoisotopic (exact) mass is 393 g/mol. The number of ether oxygens (including phenoxy) is 1. The van der Waals surface area contributed by atoms with E-state index in [2.05, 4.69) is 20.8 Å². The van der Waals surface area contributed by atoms with Crippen molar-refractivity contribution in [2.75, 3.05) is 6.61 Å². The van der Waals surface area contributed by atoms with Crippen molar-refractivity contribution in [2.24, 2.45) is 0 Å². The predicted molar refractivity (Wildman–Crippen MR) is 87.4 cm³/mol. The fourth-order valence-electron chi connectivity index (χ4n) is 2.87. The van der Waals surface area contributed by atoms with Crippen molar-refractivity contribution in [1.29, 1.82) is 0 Å². The van der Waals surface area contributed by atoms with Gasteiger partial charge in [-0.15, -0.1) is 5.10 Å². The topological polar surface area (TPSA) is 95.1 Å². The van der Waals surface area contributed by atoms with E-state index in [9.17, 15) is 18.0 Å². The fourth-order valence-corrected chi connectivity index (χ4v) is 2.87. The Bertz CT molecular complexity index is 1010. The molecular formula is C17H14F3N5O3. The molecule has 11 heteroatoms. The lowest BCUT2D eigenvalue weighted by atomic mass is 10.1. The summed E-state index contributed by atoms with van der Waals surface area (Å²) >= 11 is 0. The van der Waals surface area contributed by atoms with E-state index in [4.69, 9.17) is 9.26 Å². The molecule has 8 nitrogen and oxygen atoms in total. The van der Waals surface area contributed by atoms with Crippen molar-refractivity contribution in [1.82, 2.24) is 25.5 Å². The number of alkyl halides is 3. The fraction of sp³-hybridized carbons (Fsp3) is 0.294. The SMILES string of the molecule is O=C(NCc1noc2c1COCC2)c1cn(-c2ccccc2C(F)(F)F)nn1. The van der Waals surface area contributed by atoms with E-state index in [0.717, 1.165) is 28.3 Å². The predicted octanol–water partition coefficient (Wildman–Crippen LogP) is 2.28. The van der Waals surface area contributed by atoms with Crippen molar-refractivity contribution < 1.29 is 27.2 Å². The molecule has 0 atom stereocenters. The highest BCUT2D eigenvalue weighted by Crippen LogP contribution is 2.33. The number of amides is 1. The molecule has 28 heavy (non-hydrogen) atoms. The maximum Gasteiger partial charge on any atom is 0.418 e. The molecule has 0 radical (unpaired) electrons. The first-order valence-electron chi connectivity index (χ1n) is 8.34. The summed E-state index contributed by atoms with van der Waals surface area (Å²) < 4.78 is 50.9. The van der Waals surface area contributed by atoms with Gasteiger partial charge >= 0.3 is 6.18 Å². The van der Waals surface area contributed by atoms with Gasteiger partial charge in [0.1, 0.15) is 11.5 Å². The molecule has 146 valence electrons. The highest BCUT2D eigenvalue weighted by atomic mass is 19.4. The number of aromatic nitrogens is 4. The number of nitrogens with zero attached hydrogens (tertiary/aromatic N) is 4. The normalized spacial score (nSPS) is 14.0. The summed E-state index contributed by atoms with van der Waals surface area (Å²) in [7, 11) is 0. The van der Waals surface area contributed by atoms with Crippen molar-refractivity contribution in [3.05, 3.63) is 58.7 Å². The molecule has 0 unspecified atom stereocenters. The summed E-state index contributed by atoms with van der Waals surface area (Å²) in [4.78, 5) is 12.3. The number of benzene rings is 1. The van der Waals surface area contributed by atoms with Crippen LogP contribution < -0.4 is 5.32 Å². The van der Waals surface area contributed by atoms with Crippen LogP contribution >= 0.6 is 0 Å². The number of para-hydroxylation sites is 1. The Hall–Kier alpha value is -3.21. The van der Waals surface area contributed by atoms with Crippen molar-refractivity contribution >= 4 is 5.91 Å². The first-order valence-corrected chi connectivity index (χ1v) is 8.34. The Morgan fingerprint density at radius 2 is 2.11 bits per heavy atom. The second kappa shape index (κ2) is 7.08. The molecule has 0 saturated carbocycles. The number of carbonyl (C=O) groups is 1. The van der Waals surface area contributed by atoms with Gasteiger partial charge in [0.05, 0.1) is 37.2 Å². The lowest BCUT2D eigenvalue weighted by Crippen LogP contribution is -2.24. The van der Waals surface area contributed by atoms with E-state index >= 15 is 0 Å². The average molecular weight is 393 g/mol. The smallest absolute Gasteiger partial charge is 0.376 e. The van der Waals surface area contributed by atoms with Gasteiger partial charge in [0.25, 0.3) is 5.91 Å². The molecule has 0 aliphatic carbocycles. The van der Waals surface area contributed by atoms with Crippen LogP contribution in [0.2, 0.25) is 0 Å². The number of carbonyl (C=O) groups excluding carboxylic acids is 1. The Labute approximate surface area is 156 Å². The minimum absolute atomic E-state index is 0.0764. The third-order valence-electron chi connectivity index (χ3n) is 4.27. The maximum atomic E-state index is 13.1. The van der Waals surface area contributed by atoms with Crippen LogP contribution in [0.3, 0.4) is 0 Å². The highest BCUT2D eigenvalue weighted by molar-refractivity contribution is 5.91. The second-order valence-corrected chi connectivity index (χ2v) is 6.08. The van der Waals surface area contributed by atoms with E-state index in [-0.39, 0.29) is 17.9 Å². The van der Waals surface area contributed by atoms with E-state index in [1.165, 1.54) is 18.2 Å². The van der Waals surface area contributed by atoms with Crippen LogP contribution in [-0.2, 0) is 30.5 Å². The van der Waals surface area contributed by atoms with Crippen LogP contribution in [0.5, 0.6) is 0 Å². The van der Waals surface area contributed by atoms with Crippen LogP contribution in [0.4, 0.5) is 13.2 Å². The van der Waals surface area contributed by atoms with Crippen LogP contribution in [-0.4, -0.2) is 32.7 Å². The van der Waals surface area contributed by atoms with Crippen molar-refractivity contribution in [2.45, 2.75) is 25.7 Å². The average Bonchev–Trinajstić information content (AvgIpc) is 3.33. The molecule has 0 bridgehead atoms. The summed E-state index contributed by atoms with van der Waals surface area (Å²) in [5.41, 5.74) is 0.128. The third-order valence-corrected chi connectivity index (χ3v) is 4.27. The Morgan fingerprint density at radius 3 is 2.93 bits per heavy atom. The summed E-state index contributed by atoms with van der Waals surface area (Å²) in [5, 5.41) is 13.8. The number of nitrogens with one attached hydrogen (secondary N) is 1. The third kappa shape index (κ3) is 3.48. The van der Waals surface area contributed by atoms with Gasteiger partial charge in [-0.25, -0.2) is 4.68 Å². The molecule has 3 aromatic rings. The number of halogens is 3.